The van der Waals surface area contributed by atoms with Crippen LogP contribution in [0.3, 0.4) is 0 Å². The van der Waals surface area contributed by atoms with Gasteiger partial charge in [-0.25, -0.2) is 0 Å². The first-order valence-corrected chi connectivity index (χ1v) is 4.59. The van der Waals surface area contributed by atoms with Crippen LogP contribution in [-0.4, -0.2) is 5.88 Å². The van der Waals surface area contributed by atoms with Crippen LogP contribution in [0.4, 0.5) is 8.78 Å². The van der Waals surface area contributed by atoms with Crippen LogP contribution in [0.1, 0.15) is 32.6 Å². The Morgan fingerprint density at radius 3 is 2.42 bits per heavy atom. The Balaban J connectivity index is 4.13. The van der Waals surface area contributed by atoms with Gasteiger partial charge in [-0.2, -0.15) is 8.78 Å². The lowest BCUT2D eigenvalue weighted by molar-refractivity contribution is 0.423. The summed E-state index contributed by atoms with van der Waals surface area (Å²) in [7, 11) is 0. The zero-order valence-corrected chi connectivity index (χ0v) is 7.93. The molecule has 0 spiro atoms. The topological polar surface area (TPSA) is 0 Å². The van der Waals surface area contributed by atoms with Gasteiger partial charge in [0.05, 0.1) is 0 Å². The largest absolute Gasteiger partial charge is 0.313 e. The first-order valence-electron chi connectivity index (χ1n) is 4.06. The molecule has 0 saturated carbocycles. The highest BCUT2D eigenvalue weighted by atomic mass is 35.5. The van der Waals surface area contributed by atoms with E-state index in [1.54, 1.807) is 0 Å². The van der Waals surface area contributed by atoms with Crippen LogP contribution in [0.15, 0.2) is 17.4 Å². The molecule has 0 aliphatic rings. The minimum absolute atomic E-state index is 0.517. The van der Waals surface area contributed by atoms with Crippen molar-refractivity contribution < 1.29 is 8.78 Å². The van der Waals surface area contributed by atoms with E-state index >= 15 is 0 Å². The summed E-state index contributed by atoms with van der Waals surface area (Å²) in [6.07, 6.45) is 1.21. The molecule has 70 valence electrons. The fourth-order valence-electron chi connectivity index (χ4n) is 0.966. The zero-order chi connectivity index (χ0) is 9.40. The number of allylic oxidation sites excluding steroid dienone is 1. The van der Waals surface area contributed by atoms with Gasteiger partial charge in [0.15, 0.2) is 0 Å². The lowest BCUT2D eigenvalue weighted by Gasteiger charge is -1.99. The molecule has 0 nitrogen and oxygen atoms in total. The van der Waals surface area contributed by atoms with Crippen LogP contribution in [0, 0.1) is 0 Å². The molecular weight excluding hydrogens is 182 g/mol. The fraction of sp³-hybridized carbons (Fsp3) is 0.667. The third-order valence-electron chi connectivity index (χ3n) is 1.44. The average molecular weight is 195 g/mol. The Morgan fingerprint density at radius 2 is 2.00 bits per heavy atom. The van der Waals surface area contributed by atoms with Crippen LogP contribution < -0.4 is 0 Å². The number of hydrogen-bond donors (Lipinski definition) is 0. The van der Waals surface area contributed by atoms with Crippen molar-refractivity contribution in [3.63, 3.8) is 0 Å². The van der Waals surface area contributed by atoms with Gasteiger partial charge in [0.1, 0.15) is 0 Å². The lowest BCUT2D eigenvalue weighted by atomic mass is 10.1. The Kier molecular flexibility index (Phi) is 7.12. The second-order valence-corrected chi connectivity index (χ2v) is 2.91. The number of hydrogen-bond acceptors (Lipinski definition) is 0. The minimum Gasteiger partial charge on any atom is -0.164 e. The van der Waals surface area contributed by atoms with Gasteiger partial charge in [0, 0.05) is 5.88 Å². The molecule has 0 aromatic rings. The summed E-state index contributed by atoms with van der Waals surface area (Å²) >= 11 is 5.45. The van der Waals surface area contributed by atoms with E-state index in [0.717, 1.165) is 12.8 Å². The average Bonchev–Trinajstić information content (AvgIpc) is 2.00. The van der Waals surface area contributed by atoms with Crippen molar-refractivity contribution >= 4 is 11.6 Å². The molecule has 0 aliphatic carbocycles. The maximum Gasteiger partial charge on any atom is 0.313 e. The van der Waals surface area contributed by atoms with E-state index in [9.17, 15) is 8.78 Å². The van der Waals surface area contributed by atoms with Crippen molar-refractivity contribution in [1.29, 1.82) is 0 Å². The molecule has 0 N–H and O–H groups in total. The fourth-order valence-corrected chi connectivity index (χ4v) is 1.10. The maximum atomic E-state index is 11.8. The Morgan fingerprint density at radius 1 is 1.33 bits per heavy atom. The number of rotatable bonds is 5. The third-order valence-corrected chi connectivity index (χ3v) is 1.70. The quantitative estimate of drug-likeness (QED) is 0.457. The van der Waals surface area contributed by atoms with Crippen molar-refractivity contribution in [2.24, 2.45) is 0 Å². The SMILES string of the molecule is CCCC(=C=C(F)F)CCCCl. The van der Waals surface area contributed by atoms with Gasteiger partial charge in [0.25, 0.3) is 0 Å². The molecule has 0 rings (SSSR count). The van der Waals surface area contributed by atoms with E-state index in [1.807, 2.05) is 6.92 Å². The van der Waals surface area contributed by atoms with E-state index < -0.39 is 6.08 Å². The van der Waals surface area contributed by atoms with Crippen molar-refractivity contribution in [3.05, 3.63) is 17.4 Å². The van der Waals surface area contributed by atoms with Gasteiger partial charge in [-0.15, -0.1) is 11.6 Å². The molecule has 0 amide bonds. The van der Waals surface area contributed by atoms with Crippen LogP contribution >= 0.6 is 11.6 Å². The summed E-state index contributed by atoms with van der Waals surface area (Å²) in [6, 6.07) is 0. The van der Waals surface area contributed by atoms with Gasteiger partial charge < -0.3 is 0 Å². The van der Waals surface area contributed by atoms with E-state index in [-0.39, 0.29) is 0 Å². The monoisotopic (exact) mass is 194 g/mol. The van der Waals surface area contributed by atoms with Crippen molar-refractivity contribution in [2.45, 2.75) is 32.6 Å². The summed E-state index contributed by atoms with van der Waals surface area (Å²) in [5.41, 5.74) is 2.74. The third kappa shape index (κ3) is 6.38. The van der Waals surface area contributed by atoms with Crippen molar-refractivity contribution in [3.8, 4) is 0 Å². The Labute approximate surface area is 76.9 Å². The first-order chi connectivity index (χ1) is 5.70. The molecule has 0 heterocycles. The second-order valence-electron chi connectivity index (χ2n) is 2.53. The lowest BCUT2D eigenvalue weighted by Crippen LogP contribution is -1.83. The highest BCUT2D eigenvalue weighted by molar-refractivity contribution is 6.17. The maximum absolute atomic E-state index is 11.8. The molecule has 3 heteroatoms. The smallest absolute Gasteiger partial charge is 0.164 e. The molecular formula is C9H13ClF2. The highest BCUT2D eigenvalue weighted by Gasteiger charge is 1.96. The molecule has 0 fully saturated rings. The first kappa shape index (κ1) is 11.7. The van der Waals surface area contributed by atoms with Gasteiger partial charge in [-0.3, -0.25) is 0 Å². The predicted octanol–water partition coefficient (Wildman–Crippen LogP) is 4.11. The van der Waals surface area contributed by atoms with Gasteiger partial charge >= 0.3 is 6.08 Å². The summed E-state index contributed by atoms with van der Waals surface area (Å²) in [5.74, 6) is 0.517. The molecule has 0 radical (unpaired) electrons. The van der Waals surface area contributed by atoms with E-state index in [4.69, 9.17) is 11.6 Å². The normalized spacial score (nSPS) is 9.33. The number of alkyl halides is 1. The highest BCUT2D eigenvalue weighted by Crippen LogP contribution is 2.12. The molecule has 12 heavy (non-hydrogen) atoms. The van der Waals surface area contributed by atoms with E-state index in [2.05, 4.69) is 5.73 Å². The summed E-state index contributed by atoms with van der Waals surface area (Å²) < 4.78 is 23.6. The predicted molar refractivity (Wildman–Crippen MR) is 47.6 cm³/mol. The molecule has 0 unspecified atom stereocenters. The molecule has 0 aromatic heterocycles. The van der Waals surface area contributed by atoms with E-state index in [0.29, 0.717) is 24.3 Å². The molecule has 0 aliphatic heterocycles. The van der Waals surface area contributed by atoms with Crippen LogP contribution in [-0.2, 0) is 0 Å². The van der Waals surface area contributed by atoms with Crippen LogP contribution in [0.5, 0.6) is 0 Å². The second kappa shape index (κ2) is 7.33. The van der Waals surface area contributed by atoms with Gasteiger partial charge in [-0.1, -0.05) is 19.1 Å². The molecule has 0 bridgehead atoms. The summed E-state index contributed by atoms with van der Waals surface area (Å²) in [5, 5.41) is 0. The van der Waals surface area contributed by atoms with Gasteiger partial charge in [0.2, 0.25) is 0 Å². The molecule has 0 saturated heterocycles. The van der Waals surface area contributed by atoms with Gasteiger partial charge in [-0.05, 0) is 24.8 Å². The summed E-state index contributed by atoms with van der Waals surface area (Å²) in [6.45, 7) is 1.96. The minimum atomic E-state index is -1.73. The van der Waals surface area contributed by atoms with Crippen LogP contribution in [0.25, 0.3) is 0 Å². The Bertz CT molecular complexity index is 177. The zero-order valence-electron chi connectivity index (χ0n) is 7.17. The van der Waals surface area contributed by atoms with Crippen molar-refractivity contribution in [2.75, 3.05) is 5.88 Å². The summed E-state index contributed by atoms with van der Waals surface area (Å²) in [4.78, 5) is 0. The standard InChI is InChI=1S/C9H13ClF2/c1-2-4-8(5-3-6-10)7-9(11)12/h2-6H2,1H3. The van der Waals surface area contributed by atoms with E-state index in [1.165, 1.54) is 0 Å². The Hall–Kier alpha value is -0.330. The van der Waals surface area contributed by atoms with Crippen molar-refractivity contribution in [1.82, 2.24) is 0 Å². The molecule has 0 aromatic carbocycles. The number of halogens is 3. The van der Waals surface area contributed by atoms with Crippen LogP contribution in [0.2, 0.25) is 0 Å². The molecule has 0 atom stereocenters.